The molecule has 2 atom stereocenters. The van der Waals surface area contributed by atoms with Gasteiger partial charge in [-0.15, -0.1) is 0 Å². The second-order valence-electron chi connectivity index (χ2n) is 13.7. The van der Waals surface area contributed by atoms with E-state index in [1.165, 1.54) is 122 Å². The Kier molecular flexibility index (Phi) is 38.0. The van der Waals surface area contributed by atoms with Crippen molar-refractivity contribution in [2.24, 2.45) is 0 Å². The van der Waals surface area contributed by atoms with Crippen LogP contribution in [0.1, 0.15) is 194 Å². The van der Waals surface area contributed by atoms with Crippen molar-refractivity contribution in [3.8, 4) is 0 Å². The highest BCUT2D eigenvalue weighted by Gasteiger charge is 2.17. The number of hydrogen-bond acceptors (Lipinski definition) is 3. The van der Waals surface area contributed by atoms with E-state index >= 15 is 0 Å². The van der Waals surface area contributed by atoms with Crippen LogP contribution in [-0.4, -0.2) is 34.9 Å². The molecule has 0 aromatic rings. The van der Waals surface area contributed by atoms with Gasteiger partial charge in [-0.1, -0.05) is 197 Å². The lowest BCUT2D eigenvalue weighted by Gasteiger charge is -2.19. The molecule has 0 aromatic carbocycles. The highest BCUT2D eigenvalue weighted by Crippen LogP contribution is 2.15. The third-order valence-corrected chi connectivity index (χ3v) is 8.99. The first kappa shape index (κ1) is 46.1. The summed E-state index contributed by atoms with van der Waals surface area (Å²) in [4.78, 5) is 12.2. The average Bonchev–Trinajstić information content (AvgIpc) is 3.09. The highest BCUT2D eigenvalue weighted by molar-refractivity contribution is 5.76. The molecular formula is C44H79NO3. The van der Waals surface area contributed by atoms with E-state index in [1.807, 2.05) is 6.08 Å². The highest BCUT2D eigenvalue weighted by atomic mass is 16.3. The summed E-state index contributed by atoms with van der Waals surface area (Å²) in [6.45, 7) is 4.00. The number of hydrogen-bond donors (Lipinski definition) is 3. The largest absolute Gasteiger partial charge is 0.394 e. The van der Waals surface area contributed by atoms with Crippen LogP contribution in [0, 0.1) is 0 Å². The summed E-state index contributed by atoms with van der Waals surface area (Å²) in [7, 11) is 0. The van der Waals surface area contributed by atoms with Crippen molar-refractivity contribution in [2.45, 2.75) is 206 Å². The topological polar surface area (TPSA) is 69.6 Å². The van der Waals surface area contributed by atoms with E-state index in [2.05, 4.69) is 67.8 Å². The standard InChI is InChI=1S/C44H79NO3/c1-3-5-7-8-9-10-11-12-13-14-15-16-17-18-19-20-21-22-23-24-25-26-27-28-29-30-31-32-33-34-35-36-38-40-44(48)45-42(41-46)43(47)39-37-6-4-2/h5,7,9-10,12-13,15-16,37,39,42-43,46-47H,3-4,6,8,11,14,17-36,38,40-41H2,1-2H3,(H,45,48)/b7-5-,10-9-,13-12-,16-15-,39-37+. The zero-order valence-electron chi connectivity index (χ0n) is 31.7. The predicted molar refractivity (Wildman–Crippen MR) is 211 cm³/mol. The van der Waals surface area contributed by atoms with Gasteiger partial charge in [-0.2, -0.15) is 0 Å². The molecule has 0 aromatic heterocycles. The fourth-order valence-electron chi connectivity index (χ4n) is 5.88. The Morgan fingerprint density at radius 1 is 0.521 bits per heavy atom. The van der Waals surface area contributed by atoms with E-state index in [0.29, 0.717) is 6.42 Å². The fourth-order valence-corrected chi connectivity index (χ4v) is 5.88. The number of unbranched alkanes of at least 4 members (excludes halogenated alkanes) is 21. The molecule has 278 valence electrons. The monoisotopic (exact) mass is 670 g/mol. The normalized spacial score (nSPS) is 13.7. The summed E-state index contributed by atoms with van der Waals surface area (Å²) in [5, 5.41) is 22.4. The third-order valence-electron chi connectivity index (χ3n) is 8.99. The lowest BCUT2D eigenvalue weighted by atomic mass is 10.0. The summed E-state index contributed by atoms with van der Waals surface area (Å²) in [5.41, 5.74) is 0. The van der Waals surface area contributed by atoms with Gasteiger partial charge < -0.3 is 15.5 Å². The van der Waals surface area contributed by atoms with Crippen LogP contribution in [-0.2, 0) is 4.79 Å². The van der Waals surface area contributed by atoms with Crippen LogP contribution >= 0.6 is 0 Å². The van der Waals surface area contributed by atoms with Gasteiger partial charge in [-0.25, -0.2) is 0 Å². The molecule has 0 bridgehead atoms. The Labute approximate surface area is 298 Å². The molecule has 48 heavy (non-hydrogen) atoms. The van der Waals surface area contributed by atoms with E-state index in [0.717, 1.165) is 51.4 Å². The molecule has 0 saturated carbocycles. The molecule has 0 spiro atoms. The van der Waals surface area contributed by atoms with Crippen LogP contribution < -0.4 is 5.32 Å². The molecule has 3 N–H and O–H groups in total. The molecule has 4 heteroatoms. The van der Waals surface area contributed by atoms with Crippen molar-refractivity contribution in [1.82, 2.24) is 5.32 Å². The van der Waals surface area contributed by atoms with Gasteiger partial charge in [-0.05, 0) is 51.4 Å². The Morgan fingerprint density at radius 2 is 0.917 bits per heavy atom. The third kappa shape index (κ3) is 35.4. The molecule has 4 nitrogen and oxygen atoms in total. The Hall–Kier alpha value is -1.91. The smallest absolute Gasteiger partial charge is 0.220 e. The maximum absolute atomic E-state index is 12.2. The maximum atomic E-state index is 12.2. The van der Waals surface area contributed by atoms with E-state index in [1.54, 1.807) is 6.08 Å². The van der Waals surface area contributed by atoms with Gasteiger partial charge in [-0.3, -0.25) is 4.79 Å². The number of allylic oxidation sites excluding steroid dienone is 9. The van der Waals surface area contributed by atoms with Crippen LogP contribution in [0.4, 0.5) is 0 Å². The first-order chi connectivity index (χ1) is 23.7. The second kappa shape index (κ2) is 39.5. The molecule has 0 aliphatic heterocycles. The van der Waals surface area contributed by atoms with Gasteiger partial charge in [0.1, 0.15) is 0 Å². The van der Waals surface area contributed by atoms with E-state index in [9.17, 15) is 15.0 Å². The molecule has 0 fully saturated rings. The number of carbonyl (C=O) groups is 1. The van der Waals surface area contributed by atoms with Crippen LogP contribution in [0.3, 0.4) is 0 Å². The molecule has 2 unspecified atom stereocenters. The number of aliphatic hydroxyl groups is 2. The molecular weight excluding hydrogens is 590 g/mol. The number of amides is 1. The lowest BCUT2D eigenvalue weighted by molar-refractivity contribution is -0.123. The summed E-state index contributed by atoms with van der Waals surface area (Å²) in [6, 6.07) is -0.617. The minimum absolute atomic E-state index is 0.0765. The molecule has 0 saturated heterocycles. The predicted octanol–water partition coefficient (Wildman–Crippen LogP) is 12.6. The Bertz CT molecular complexity index is 812. The first-order valence-electron chi connectivity index (χ1n) is 20.5. The van der Waals surface area contributed by atoms with E-state index < -0.39 is 12.1 Å². The molecule has 0 aliphatic carbocycles. The van der Waals surface area contributed by atoms with Crippen LogP contribution in [0.25, 0.3) is 0 Å². The van der Waals surface area contributed by atoms with Crippen LogP contribution in [0.15, 0.2) is 60.8 Å². The van der Waals surface area contributed by atoms with Gasteiger partial charge in [0.25, 0.3) is 0 Å². The summed E-state index contributed by atoms with van der Waals surface area (Å²) in [6.07, 6.45) is 55.5. The Balaban J connectivity index is 3.34. The number of rotatable bonds is 36. The quantitative estimate of drug-likeness (QED) is 0.0459. The molecule has 0 rings (SSSR count). The zero-order chi connectivity index (χ0) is 35.0. The maximum Gasteiger partial charge on any atom is 0.220 e. The van der Waals surface area contributed by atoms with E-state index in [4.69, 9.17) is 0 Å². The van der Waals surface area contributed by atoms with Crippen molar-refractivity contribution in [1.29, 1.82) is 0 Å². The van der Waals surface area contributed by atoms with Crippen molar-refractivity contribution in [3.63, 3.8) is 0 Å². The summed E-state index contributed by atoms with van der Waals surface area (Å²) >= 11 is 0. The van der Waals surface area contributed by atoms with Crippen molar-refractivity contribution in [3.05, 3.63) is 60.8 Å². The average molecular weight is 670 g/mol. The van der Waals surface area contributed by atoms with Gasteiger partial charge >= 0.3 is 0 Å². The molecule has 0 radical (unpaired) electrons. The minimum atomic E-state index is -0.834. The fraction of sp³-hybridized carbons (Fsp3) is 0.750. The minimum Gasteiger partial charge on any atom is -0.394 e. The Morgan fingerprint density at radius 3 is 1.33 bits per heavy atom. The van der Waals surface area contributed by atoms with Crippen molar-refractivity contribution in [2.75, 3.05) is 6.61 Å². The van der Waals surface area contributed by atoms with Crippen LogP contribution in [0.5, 0.6) is 0 Å². The van der Waals surface area contributed by atoms with Gasteiger partial charge in [0.2, 0.25) is 5.91 Å². The first-order valence-corrected chi connectivity index (χ1v) is 20.5. The van der Waals surface area contributed by atoms with Gasteiger partial charge in [0, 0.05) is 6.42 Å². The van der Waals surface area contributed by atoms with Gasteiger partial charge in [0.05, 0.1) is 18.8 Å². The number of nitrogens with one attached hydrogen (secondary N) is 1. The van der Waals surface area contributed by atoms with Crippen molar-refractivity contribution >= 4 is 5.91 Å². The molecule has 0 heterocycles. The van der Waals surface area contributed by atoms with Crippen LogP contribution in [0.2, 0.25) is 0 Å². The summed E-state index contributed by atoms with van der Waals surface area (Å²) < 4.78 is 0. The lowest BCUT2D eigenvalue weighted by Crippen LogP contribution is -2.45. The van der Waals surface area contributed by atoms with Gasteiger partial charge in [0.15, 0.2) is 0 Å². The SMILES string of the molecule is CC/C=C\C/C=C\C/C=C\C/C=C\CCCCCCCCCCCCCCCCCCCCCCC(=O)NC(CO)C(O)/C=C/CCC. The van der Waals surface area contributed by atoms with Crippen molar-refractivity contribution < 1.29 is 15.0 Å². The second-order valence-corrected chi connectivity index (χ2v) is 13.7. The molecule has 1 amide bonds. The number of carbonyl (C=O) groups excluding carboxylic acids is 1. The number of aliphatic hydroxyl groups excluding tert-OH is 2. The summed E-state index contributed by atoms with van der Waals surface area (Å²) in [5.74, 6) is -0.0765. The van der Waals surface area contributed by atoms with E-state index in [-0.39, 0.29) is 12.5 Å². The zero-order valence-corrected chi connectivity index (χ0v) is 31.7. The molecule has 0 aliphatic rings.